The predicted octanol–water partition coefficient (Wildman–Crippen LogP) is 4.28. The molecule has 198 valence electrons. The van der Waals surface area contributed by atoms with Crippen LogP contribution in [0.5, 0.6) is 0 Å². The minimum Gasteiger partial charge on any atom is -0.356 e. The maximum absolute atomic E-state index is 13.1. The van der Waals surface area contributed by atoms with Gasteiger partial charge in [-0.1, -0.05) is 12.1 Å². The quantitative estimate of drug-likeness (QED) is 0.431. The molecule has 0 unspecified atom stereocenters. The molecule has 1 fully saturated rings. The Labute approximate surface area is 224 Å². The largest absolute Gasteiger partial charge is 0.356 e. The molecule has 1 aromatic carbocycles. The van der Waals surface area contributed by atoms with E-state index < -0.39 is 0 Å². The van der Waals surface area contributed by atoms with Gasteiger partial charge in [-0.25, -0.2) is 15.0 Å². The summed E-state index contributed by atoms with van der Waals surface area (Å²) in [5.41, 5.74) is 2.40. The summed E-state index contributed by atoms with van der Waals surface area (Å²) in [5.74, 6) is 1.88. The Morgan fingerprint density at radius 2 is 1.82 bits per heavy atom. The van der Waals surface area contributed by atoms with Crippen LogP contribution in [0.4, 0.5) is 11.6 Å². The molecule has 2 aromatic heterocycles. The molecule has 0 atom stereocenters. The first-order valence-corrected chi connectivity index (χ1v) is 13.0. The Kier molecular flexibility index (Phi) is 8.81. The highest BCUT2D eigenvalue weighted by Crippen LogP contribution is 2.21. The zero-order valence-electron chi connectivity index (χ0n) is 22.7. The molecule has 1 aliphatic heterocycles. The zero-order chi connectivity index (χ0) is 27.1. The maximum atomic E-state index is 13.1. The monoisotopic (exact) mass is 512 g/mol. The van der Waals surface area contributed by atoms with E-state index >= 15 is 0 Å². The molecular weight excluding hydrogens is 476 g/mol. The SMILES string of the molecule is C=N/C=C(\N=C(C)c1ccc2cnc(NC(=O)c3ccnc(N4CCN(C)CC4)c3)cc2c1)N(CC)CC. The highest BCUT2D eigenvalue weighted by atomic mass is 16.1. The van der Waals surface area contributed by atoms with Crippen molar-refractivity contribution in [1.29, 1.82) is 0 Å². The molecule has 3 aromatic rings. The summed E-state index contributed by atoms with van der Waals surface area (Å²) in [5, 5.41) is 4.89. The lowest BCUT2D eigenvalue weighted by Gasteiger charge is -2.33. The lowest BCUT2D eigenvalue weighted by atomic mass is 10.1. The Balaban J connectivity index is 1.54. The van der Waals surface area contributed by atoms with Crippen LogP contribution < -0.4 is 10.2 Å². The number of pyridine rings is 2. The number of likely N-dealkylation sites (N-methyl/N-ethyl adjacent to an activating group) is 1. The maximum Gasteiger partial charge on any atom is 0.257 e. The fourth-order valence-corrected chi connectivity index (χ4v) is 4.44. The Bertz CT molecular complexity index is 1350. The summed E-state index contributed by atoms with van der Waals surface area (Å²) >= 11 is 0. The van der Waals surface area contributed by atoms with Crippen LogP contribution in [0.25, 0.3) is 10.8 Å². The van der Waals surface area contributed by atoms with Crippen molar-refractivity contribution >= 4 is 40.7 Å². The second kappa shape index (κ2) is 12.4. The zero-order valence-corrected chi connectivity index (χ0v) is 22.7. The van der Waals surface area contributed by atoms with Crippen LogP contribution in [-0.4, -0.2) is 84.4 Å². The Hall–Kier alpha value is -4.11. The fraction of sp³-hybridized carbons (Fsp3) is 0.345. The van der Waals surface area contributed by atoms with Gasteiger partial charge in [0.15, 0.2) is 0 Å². The van der Waals surface area contributed by atoms with E-state index in [-0.39, 0.29) is 5.91 Å². The Morgan fingerprint density at radius 3 is 2.53 bits per heavy atom. The van der Waals surface area contributed by atoms with Gasteiger partial charge in [-0.3, -0.25) is 9.79 Å². The van der Waals surface area contributed by atoms with Gasteiger partial charge in [-0.2, -0.15) is 0 Å². The molecule has 38 heavy (non-hydrogen) atoms. The van der Waals surface area contributed by atoms with Crippen LogP contribution in [0.3, 0.4) is 0 Å². The van der Waals surface area contributed by atoms with Crippen LogP contribution >= 0.6 is 0 Å². The van der Waals surface area contributed by atoms with E-state index in [4.69, 9.17) is 4.99 Å². The van der Waals surface area contributed by atoms with E-state index in [1.807, 2.05) is 31.2 Å². The minimum atomic E-state index is -0.213. The normalized spacial score (nSPS) is 15.0. The van der Waals surface area contributed by atoms with Gasteiger partial charge in [0.05, 0.1) is 6.20 Å². The van der Waals surface area contributed by atoms with E-state index in [0.717, 1.165) is 73.0 Å². The number of aromatic nitrogens is 2. The molecule has 0 radical (unpaired) electrons. The molecule has 1 N–H and O–H groups in total. The number of hydrogen-bond donors (Lipinski definition) is 1. The molecular formula is C29H36N8O. The standard InChI is InChI=1S/C29H36N8O/c1-6-36(7-2)28(20-30-4)33-21(3)22-8-9-24-19-32-26(17-25(24)16-22)34-29(38)23-10-11-31-27(18-23)37-14-12-35(5)13-15-37/h8-11,16-20H,4,6-7,12-15H2,1-3,5H3,(H,32,34,38)/b28-20+,33-21?. The molecule has 0 saturated carbocycles. The molecule has 1 saturated heterocycles. The number of nitrogens with zero attached hydrogens (tertiary/aromatic N) is 7. The summed E-state index contributed by atoms with van der Waals surface area (Å²) in [6, 6.07) is 11.6. The van der Waals surface area contributed by atoms with Gasteiger partial charge in [-0.15, -0.1) is 0 Å². The fourth-order valence-electron chi connectivity index (χ4n) is 4.44. The number of amides is 1. The van der Waals surface area contributed by atoms with Crippen molar-refractivity contribution in [2.75, 3.05) is 56.5 Å². The van der Waals surface area contributed by atoms with E-state index in [0.29, 0.717) is 11.4 Å². The second-order valence-corrected chi connectivity index (χ2v) is 9.32. The number of carbonyl (C=O) groups excluding carboxylic acids is 1. The first-order chi connectivity index (χ1) is 18.4. The van der Waals surface area contributed by atoms with E-state index in [9.17, 15) is 4.79 Å². The van der Waals surface area contributed by atoms with Crippen LogP contribution in [0.15, 0.2) is 70.8 Å². The molecule has 1 aliphatic rings. The highest BCUT2D eigenvalue weighted by Gasteiger charge is 2.17. The summed E-state index contributed by atoms with van der Waals surface area (Å²) in [6.07, 6.45) is 5.14. The number of anilines is 2. The topological polar surface area (TPSA) is 89.3 Å². The summed E-state index contributed by atoms with van der Waals surface area (Å²) in [7, 11) is 2.11. The van der Waals surface area contributed by atoms with Gasteiger partial charge in [0, 0.05) is 68.3 Å². The Morgan fingerprint density at radius 1 is 1.05 bits per heavy atom. The van der Waals surface area contributed by atoms with Crippen molar-refractivity contribution in [3.8, 4) is 0 Å². The van der Waals surface area contributed by atoms with Gasteiger partial charge in [-0.05, 0) is 69.8 Å². The molecule has 0 spiro atoms. The van der Waals surface area contributed by atoms with Crippen molar-refractivity contribution in [2.24, 2.45) is 9.98 Å². The molecule has 4 rings (SSSR count). The van der Waals surface area contributed by atoms with Gasteiger partial charge in [0.25, 0.3) is 5.91 Å². The minimum absolute atomic E-state index is 0.213. The number of rotatable bonds is 9. The van der Waals surface area contributed by atoms with Crippen molar-refractivity contribution in [2.45, 2.75) is 20.8 Å². The molecule has 9 heteroatoms. The third-order valence-electron chi connectivity index (χ3n) is 6.79. The van der Waals surface area contributed by atoms with Crippen LogP contribution in [0.1, 0.15) is 36.7 Å². The van der Waals surface area contributed by atoms with Crippen molar-refractivity contribution in [3.63, 3.8) is 0 Å². The van der Waals surface area contributed by atoms with Gasteiger partial charge in [0.1, 0.15) is 17.5 Å². The third kappa shape index (κ3) is 6.41. The van der Waals surface area contributed by atoms with Crippen LogP contribution in [-0.2, 0) is 0 Å². The van der Waals surface area contributed by atoms with E-state index in [2.05, 4.69) is 68.7 Å². The number of carbonyl (C=O) groups is 1. The highest BCUT2D eigenvalue weighted by molar-refractivity contribution is 6.06. The van der Waals surface area contributed by atoms with Crippen molar-refractivity contribution in [1.82, 2.24) is 19.8 Å². The summed E-state index contributed by atoms with van der Waals surface area (Å²) in [6.45, 7) is 15.1. The van der Waals surface area contributed by atoms with Crippen LogP contribution in [0.2, 0.25) is 0 Å². The molecule has 9 nitrogen and oxygen atoms in total. The number of hydrogen-bond acceptors (Lipinski definition) is 8. The number of piperazine rings is 1. The number of benzene rings is 1. The molecule has 1 amide bonds. The number of nitrogens with one attached hydrogen (secondary N) is 1. The number of aliphatic imine (C=N–C) groups is 2. The first kappa shape index (κ1) is 26.9. The van der Waals surface area contributed by atoms with Crippen molar-refractivity contribution in [3.05, 3.63) is 71.9 Å². The average Bonchev–Trinajstić information content (AvgIpc) is 2.94. The predicted molar refractivity (Wildman–Crippen MR) is 156 cm³/mol. The number of fused-ring (bicyclic) bond motifs is 1. The van der Waals surface area contributed by atoms with Gasteiger partial charge < -0.3 is 20.0 Å². The average molecular weight is 513 g/mol. The molecule has 3 heterocycles. The smallest absolute Gasteiger partial charge is 0.257 e. The van der Waals surface area contributed by atoms with E-state index in [1.165, 1.54) is 0 Å². The molecule has 0 bridgehead atoms. The third-order valence-corrected chi connectivity index (χ3v) is 6.79. The van der Waals surface area contributed by atoms with Crippen molar-refractivity contribution < 1.29 is 4.79 Å². The lowest BCUT2D eigenvalue weighted by molar-refractivity contribution is 0.102. The first-order valence-electron chi connectivity index (χ1n) is 13.0. The van der Waals surface area contributed by atoms with Gasteiger partial charge in [0.2, 0.25) is 0 Å². The van der Waals surface area contributed by atoms with Gasteiger partial charge >= 0.3 is 0 Å². The summed E-state index contributed by atoms with van der Waals surface area (Å²) in [4.78, 5) is 37.4. The second-order valence-electron chi connectivity index (χ2n) is 9.32. The summed E-state index contributed by atoms with van der Waals surface area (Å²) < 4.78 is 0. The van der Waals surface area contributed by atoms with Crippen LogP contribution in [0, 0.1) is 0 Å². The molecule has 0 aliphatic carbocycles. The lowest BCUT2D eigenvalue weighted by Crippen LogP contribution is -2.44. The van der Waals surface area contributed by atoms with E-state index in [1.54, 1.807) is 24.7 Å².